The molecular formula is C28H20N2O3S. The summed E-state index contributed by atoms with van der Waals surface area (Å²) < 4.78 is 5.24. The van der Waals surface area contributed by atoms with Gasteiger partial charge in [-0.05, 0) is 46.5 Å². The molecule has 3 aromatic carbocycles. The lowest BCUT2D eigenvalue weighted by Crippen LogP contribution is -2.41. The van der Waals surface area contributed by atoms with Crippen LogP contribution in [-0.2, 0) is 9.59 Å². The van der Waals surface area contributed by atoms with Crippen molar-refractivity contribution in [2.75, 3.05) is 12.0 Å². The fourth-order valence-corrected chi connectivity index (χ4v) is 6.97. The van der Waals surface area contributed by atoms with E-state index in [-0.39, 0.29) is 23.7 Å². The number of aromatic nitrogens is 1. The molecule has 4 aromatic rings. The van der Waals surface area contributed by atoms with Crippen LogP contribution in [0, 0.1) is 11.8 Å². The van der Waals surface area contributed by atoms with Crippen LogP contribution < -0.4 is 9.64 Å². The highest BCUT2D eigenvalue weighted by molar-refractivity contribution is 7.14. The zero-order valence-electron chi connectivity index (χ0n) is 18.3. The van der Waals surface area contributed by atoms with Gasteiger partial charge in [0.2, 0.25) is 11.8 Å². The van der Waals surface area contributed by atoms with E-state index in [0.29, 0.717) is 5.13 Å². The molecule has 1 aliphatic heterocycles. The van der Waals surface area contributed by atoms with E-state index in [1.54, 1.807) is 7.11 Å². The van der Waals surface area contributed by atoms with Gasteiger partial charge in [-0.1, -0.05) is 48.5 Å². The van der Waals surface area contributed by atoms with Crippen molar-refractivity contribution in [1.29, 1.82) is 0 Å². The molecule has 0 N–H and O–H groups in total. The number of anilines is 1. The number of hydrogen-bond donors (Lipinski definition) is 0. The van der Waals surface area contributed by atoms with Crippen molar-refractivity contribution in [3.63, 3.8) is 0 Å². The molecule has 0 saturated carbocycles. The summed E-state index contributed by atoms with van der Waals surface area (Å²) in [4.78, 5) is 33.7. The normalized spacial score (nSPS) is 24.1. The molecule has 166 valence electrons. The first kappa shape index (κ1) is 19.7. The lowest BCUT2D eigenvalue weighted by molar-refractivity contribution is -0.122. The van der Waals surface area contributed by atoms with E-state index in [9.17, 15) is 9.59 Å². The van der Waals surface area contributed by atoms with Gasteiger partial charge in [0.05, 0.1) is 24.6 Å². The van der Waals surface area contributed by atoms with Gasteiger partial charge < -0.3 is 4.74 Å². The first-order chi connectivity index (χ1) is 16.7. The number of rotatable bonds is 3. The third kappa shape index (κ3) is 2.51. The highest BCUT2D eigenvalue weighted by atomic mass is 32.1. The Morgan fingerprint density at radius 1 is 0.765 bits per heavy atom. The fourth-order valence-electron chi connectivity index (χ4n) is 6.13. The van der Waals surface area contributed by atoms with Crippen LogP contribution in [0.3, 0.4) is 0 Å². The summed E-state index contributed by atoms with van der Waals surface area (Å²) in [5.74, 6) is -0.502. The Hall–Kier alpha value is -3.77. The second-order valence-corrected chi connectivity index (χ2v) is 9.86. The van der Waals surface area contributed by atoms with E-state index >= 15 is 0 Å². The number of ether oxygens (including phenoxy) is 1. The minimum Gasteiger partial charge on any atom is -0.497 e. The summed E-state index contributed by atoms with van der Waals surface area (Å²) in [6.07, 6.45) is 0. The smallest absolute Gasteiger partial charge is 0.240 e. The Morgan fingerprint density at radius 2 is 1.26 bits per heavy atom. The van der Waals surface area contributed by atoms with Crippen molar-refractivity contribution in [2.24, 2.45) is 11.8 Å². The third-order valence-electron chi connectivity index (χ3n) is 7.52. The van der Waals surface area contributed by atoms with Gasteiger partial charge >= 0.3 is 0 Å². The lowest BCUT2D eigenvalue weighted by atomic mass is 9.55. The number of methoxy groups -OCH3 is 1. The standard InChI is InChI=1S/C28H20N2O3S/c1-33-16-12-10-15(11-13-16)21-14-34-28(29-21)30-26(31)24-22-17-6-2-3-7-18(17)23(25(24)27(30)32)20-9-5-4-8-19(20)22/h2-14,22-25H,1H3/t22?,23?,24-,25-/m0/s1. The molecule has 6 heteroatoms. The second kappa shape index (κ2) is 7.11. The van der Waals surface area contributed by atoms with E-state index < -0.39 is 11.8 Å². The van der Waals surface area contributed by atoms with Gasteiger partial charge in [-0.3, -0.25) is 9.59 Å². The first-order valence-electron chi connectivity index (χ1n) is 11.3. The molecule has 1 fully saturated rings. The van der Waals surface area contributed by atoms with Gasteiger partial charge in [0.15, 0.2) is 5.13 Å². The molecule has 34 heavy (non-hydrogen) atoms. The lowest BCUT2D eigenvalue weighted by Gasteiger charge is -2.45. The van der Waals surface area contributed by atoms with Crippen molar-refractivity contribution in [2.45, 2.75) is 11.8 Å². The maximum Gasteiger partial charge on any atom is 0.240 e. The first-order valence-corrected chi connectivity index (χ1v) is 12.2. The van der Waals surface area contributed by atoms with Crippen molar-refractivity contribution in [3.05, 3.63) is 100 Å². The van der Waals surface area contributed by atoms with Crippen LogP contribution in [0.15, 0.2) is 78.2 Å². The molecule has 0 unspecified atom stereocenters. The molecule has 0 spiro atoms. The Labute approximate surface area is 200 Å². The number of nitrogens with zero attached hydrogens (tertiary/aromatic N) is 2. The summed E-state index contributed by atoms with van der Waals surface area (Å²) in [5.41, 5.74) is 6.36. The van der Waals surface area contributed by atoms with Gasteiger partial charge in [0, 0.05) is 22.8 Å². The van der Waals surface area contributed by atoms with Crippen LogP contribution in [0.1, 0.15) is 34.1 Å². The van der Waals surface area contributed by atoms with Crippen molar-refractivity contribution < 1.29 is 14.3 Å². The SMILES string of the molecule is COc1ccc(-c2csc(N3C(=O)[C@H]4C5c6ccccc6C(c6ccccc65)[C@@H]4C3=O)n2)cc1. The minimum absolute atomic E-state index is 0.107. The van der Waals surface area contributed by atoms with E-state index in [0.717, 1.165) is 17.0 Å². The molecule has 4 aliphatic rings. The number of imide groups is 1. The van der Waals surface area contributed by atoms with E-state index in [2.05, 4.69) is 24.3 Å². The summed E-state index contributed by atoms with van der Waals surface area (Å²) in [6.45, 7) is 0. The van der Waals surface area contributed by atoms with Crippen LogP contribution >= 0.6 is 11.3 Å². The summed E-state index contributed by atoms with van der Waals surface area (Å²) >= 11 is 1.34. The van der Waals surface area contributed by atoms with Crippen LogP contribution in [0.25, 0.3) is 11.3 Å². The predicted octanol–water partition coefficient (Wildman–Crippen LogP) is 5.22. The molecule has 1 aromatic heterocycles. The quantitative estimate of drug-likeness (QED) is 0.390. The summed E-state index contributed by atoms with van der Waals surface area (Å²) in [5, 5.41) is 2.35. The van der Waals surface area contributed by atoms with Crippen LogP contribution in [0.5, 0.6) is 5.75 Å². The molecular weight excluding hydrogens is 444 g/mol. The third-order valence-corrected chi connectivity index (χ3v) is 8.34. The zero-order chi connectivity index (χ0) is 23.0. The number of benzene rings is 3. The van der Waals surface area contributed by atoms with Gasteiger partial charge in [-0.2, -0.15) is 0 Å². The molecule has 1 saturated heterocycles. The highest BCUT2D eigenvalue weighted by Gasteiger charge is 2.62. The van der Waals surface area contributed by atoms with Gasteiger partial charge in [0.25, 0.3) is 0 Å². The van der Waals surface area contributed by atoms with E-state index in [4.69, 9.17) is 9.72 Å². The number of carbonyl (C=O) groups is 2. The van der Waals surface area contributed by atoms with Crippen LogP contribution in [0.4, 0.5) is 5.13 Å². The predicted molar refractivity (Wildman–Crippen MR) is 130 cm³/mol. The Morgan fingerprint density at radius 3 is 1.74 bits per heavy atom. The van der Waals surface area contributed by atoms with Crippen molar-refractivity contribution >= 4 is 28.3 Å². The number of thiazole rings is 1. The van der Waals surface area contributed by atoms with Crippen molar-refractivity contribution in [1.82, 2.24) is 4.98 Å². The topological polar surface area (TPSA) is 59.5 Å². The molecule has 8 rings (SSSR count). The largest absolute Gasteiger partial charge is 0.497 e. The maximum absolute atomic E-state index is 13.8. The average molecular weight is 465 g/mol. The van der Waals surface area contributed by atoms with Gasteiger partial charge in [-0.15, -0.1) is 11.3 Å². The molecule has 2 amide bonds. The molecule has 2 bridgehead atoms. The minimum atomic E-state index is -0.393. The van der Waals surface area contributed by atoms with Crippen molar-refractivity contribution in [3.8, 4) is 17.0 Å². The molecule has 5 nitrogen and oxygen atoms in total. The molecule has 2 heterocycles. The summed E-state index contributed by atoms with van der Waals surface area (Å²) in [7, 11) is 1.63. The van der Waals surface area contributed by atoms with Crippen LogP contribution in [0.2, 0.25) is 0 Å². The number of amides is 2. The van der Waals surface area contributed by atoms with Gasteiger partial charge in [-0.25, -0.2) is 9.88 Å². The second-order valence-electron chi connectivity index (χ2n) is 9.02. The Balaban J connectivity index is 1.31. The number of hydrogen-bond acceptors (Lipinski definition) is 5. The van der Waals surface area contributed by atoms with E-state index in [1.165, 1.54) is 38.5 Å². The highest BCUT2D eigenvalue weighted by Crippen LogP contribution is 2.61. The summed E-state index contributed by atoms with van der Waals surface area (Å²) in [6, 6.07) is 24.2. The Bertz CT molecular complexity index is 1360. The van der Waals surface area contributed by atoms with E-state index in [1.807, 2.05) is 53.9 Å². The molecule has 3 aliphatic carbocycles. The molecule has 2 atom stereocenters. The fraction of sp³-hybridized carbons (Fsp3) is 0.179. The van der Waals surface area contributed by atoms with Crippen LogP contribution in [-0.4, -0.2) is 23.9 Å². The monoisotopic (exact) mass is 464 g/mol. The molecule has 0 radical (unpaired) electrons. The average Bonchev–Trinajstić information content (AvgIpc) is 3.47. The number of carbonyl (C=O) groups excluding carboxylic acids is 2. The Kier molecular flexibility index (Phi) is 4.12. The zero-order valence-corrected chi connectivity index (χ0v) is 19.2. The maximum atomic E-state index is 13.8. The van der Waals surface area contributed by atoms with Gasteiger partial charge in [0.1, 0.15) is 5.75 Å².